The fourth-order valence-corrected chi connectivity index (χ4v) is 2.20. The Balaban J connectivity index is 1.87. The number of β-amino-alcohol motifs (C(OH)–C–C–N with tert-alkyl or cyclic N) is 1. The molecule has 0 spiro atoms. The minimum Gasteiger partial charge on any atom is -0.391 e. The topological polar surface area (TPSA) is 43.8 Å². The fraction of sp³-hybridized carbons (Fsp3) is 0.900. The van der Waals surface area contributed by atoms with Gasteiger partial charge in [-0.25, -0.2) is 4.79 Å². The molecule has 2 aliphatic rings. The fourth-order valence-electron chi connectivity index (χ4n) is 2.20. The number of aliphatic hydroxyl groups is 1. The Kier molecular flexibility index (Phi) is 2.91. The molecule has 0 aromatic heterocycles. The molecule has 2 fully saturated rings. The van der Waals surface area contributed by atoms with Gasteiger partial charge in [-0.1, -0.05) is 0 Å². The second kappa shape index (κ2) is 4.17. The van der Waals surface area contributed by atoms with E-state index in [0.717, 1.165) is 38.9 Å². The minimum absolute atomic E-state index is 0.126. The van der Waals surface area contributed by atoms with Gasteiger partial charge in [-0.3, -0.25) is 0 Å². The molecule has 1 N–H and O–H groups in total. The lowest BCUT2D eigenvalue weighted by Gasteiger charge is -2.30. The van der Waals surface area contributed by atoms with Gasteiger partial charge in [0, 0.05) is 26.2 Å². The van der Waals surface area contributed by atoms with E-state index in [1.165, 1.54) is 6.42 Å². The van der Waals surface area contributed by atoms with Crippen LogP contribution in [0.2, 0.25) is 0 Å². The highest BCUT2D eigenvalue weighted by Gasteiger charge is 2.28. The lowest BCUT2D eigenvalue weighted by atomic mass is 10.1. The van der Waals surface area contributed by atoms with Gasteiger partial charge in [0.1, 0.15) is 0 Å². The Morgan fingerprint density at radius 2 is 1.79 bits per heavy atom. The van der Waals surface area contributed by atoms with E-state index in [0.29, 0.717) is 6.54 Å². The first-order valence-corrected chi connectivity index (χ1v) is 5.49. The molecule has 2 aliphatic heterocycles. The molecular formula is C10H18N2O2. The van der Waals surface area contributed by atoms with E-state index < -0.39 is 0 Å². The van der Waals surface area contributed by atoms with Gasteiger partial charge in [0.25, 0.3) is 0 Å². The number of nitrogens with zero attached hydrogens (tertiary/aromatic N) is 2. The van der Waals surface area contributed by atoms with Gasteiger partial charge in [0.05, 0.1) is 6.10 Å². The van der Waals surface area contributed by atoms with Gasteiger partial charge in [0.2, 0.25) is 0 Å². The van der Waals surface area contributed by atoms with Crippen molar-refractivity contribution in [3.63, 3.8) is 0 Å². The lowest BCUT2D eigenvalue weighted by Crippen LogP contribution is -2.44. The van der Waals surface area contributed by atoms with E-state index in [2.05, 4.69) is 0 Å². The number of urea groups is 1. The number of carbonyl (C=O) groups is 1. The molecule has 0 aromatic carbocycles. The first-order chi connectivity index (χ1) is 6.77. The summed E-state index contributed by atoms with van der Waals surface area (Å²) in [6, 6.07) is 0.126. The zero-order valence-electron chi connectivity index (χ0n) is 8.48. The maximum atomic E-state index is 11.9. The normalized spacial score (nSPS) is 28.2. The molecule has 0 bridgehead atoms. The van der Waals surface area contributed by atoms with Crippen LogP contribution in [0.4, 0.5) is 4.79 Å². The van der Waals surface area contributed by atoms with Crippen LogP contribution >= 0.6 is 0 Å². The van der Waals surface area contributed by atoms with E-state index in [1.54, 1.807) is 4.90 Å². The number of rotatable bonds is 0. The average molecular weight is 198 g/mol. The van der Waals surface area contributed by atoms with Gasteiger partial charge in [0.15, 0.2) is 0 Å². The zero-order valence-corrected chi connectivity index (χ0v) is 8.48. The molecule has 1 atom stereocenters. The summed E-state index contributed by atoms with van der Waals surface area (Å²) in [4.78, 5) is 15.6. The SMILES string of the molecule is O=C(N1CCCCC1)N1CCC(O)C1. The van der Waals surface area contributed by atoms with Crippen LogP contribution < -0.4 is 0 Å². The Morgan fingerprint density at radius 3 is 2.36 bits per heavy atom. The van der Waals surface area contributed by atoms with E-state index in [4.69, 9.17) is 0 Å². The molecule has 80 valence electrons. The average Bonchev–Trinajstić information content (AvgIpc) is 2.65. The Labute approximate surface area is 84.5 Å². The summed E-state index contributed by atoms with van der Waals surface area (Å²) in [5, 5.41) is 9.33. The molecule has 0 aromatic rings. The van der Waals surface area contributed by atoms with Gasteiger partial charge in [-0.2, -0.15) is 0 Å². The predicted molar refractivity (Wildman–Crippen MR) is 53.0 cm³/mol. The summed E-state index contributed by atoms with van der Waals surface area (Å²) in [6.07, 6.45) is 3.93. The molecule has 2 rings (SSSR count). The molecule has 0 aliphatic carbocycles. The van der Waals surface area contributed by atoms with Crippen molar-refractivity contribution in [1.82, 2.24) is 9.80 Å². The monoisotopic (exact) mass is 198 g/mol. The molecule has 2 heterocycles. The highest BCUT2D eigenvalue weighted by Crippen LogP contribution is 2.15. The largest absolute Gasteiger partial charge is 0.391 e. The minimum atomic E-state index is -0.302. The third-order valence-electron chi connectivity index (χ3n) is 3.06. The molecule has 2 amide bonds. The molecule has 1 unspecified atom stereocenters. The van der Waals surface area contributed by atoms with Gasteiger partial charge in [-0.05, 0) is 25.7 Å². The number of piperidine rings is 1. The first kappa shape index (κ1) is 9.77. The van der Waals surface area contributed by atoms with E-state index >= 15 is 0 Å². The molecule has 4 nitrogen and oxygen atoms in total. The van der Waals surface area contributed by atoms with Gasteiger partial charge < -0.3 is 14.9 Å². The van der Waals surface area contributed by atoms with Gasteiger partial charge in [-0.15, -0.1) is 0 Å². The third-order valence-corrected chi connectivity index (χ3v) is 3.06. The predicted octanol–water partition coefficient (Wildman–Crippen LogP) is 0.659. The number of amides is 2. The molecule has 0 saturated carbocycles. The maximum Gasteiger partial charge on any atom is 0.320 e. The highest BCUT2D eigenvalue weighted by atomic mass is 16.3. The first-order valence-electron chi connectivity index (χ1n) is 5.49. The van der Waals surface area contributed by atoms with E-state index in [9.17, 15) is 9.90 Å². The van der Waals surface area contributed by atoms with Crippen LogP contribution in [0.25, 0.3) is 0 Å². The Hall–Kier alpha value is -0.770. The number of carbonyl (C=O) groups excluding carboxylic acids is 1. The summed E-state index contributed by atoms with van der Waals surface area (Å²) >= 11 is 0. The summed E-state index contributed by atoms with van der Waals surface area (Å²) in [7, 11) is 0. The van der Waals surface area contributed by atoms with E-state index in [-0.39, 0.29) is 12.1 Å². The van der Waals surface area contributed by atoms with Crippen LogP contribution in [0.15, 0.2) is 0 Å². The van der Waals surface area contributed by atoms with Crippen LogP contribution in [-0.2, 0) is 0 Å². The van der Waals surface area contributed by atoms with Crippen molar-refractivity contribution in [3.8, 4) is 0 Å². The van der Waals surface area contributed by atoms with Crippen LogP contribution in [0, 0.1) is 0 Å². The summed E-state index contributed by atoms with van der Waals surface area (Å²) in [6.45, 7) is 3.03. The summed E-state index contributed by atoms with van der Waals surface area (Å²) in [5.41, 5.74) is 0. The molecular weight excluding hydrogens is 180 g/mol. The highest BCUT2D eigenvalue weighted by molar-refractivity contribution is 5.74. The van der Waals surface area contributed by atoms with Crippen molar-refractivity contribution in [2.75, 3.05) is 26.2 Å². The van der Waals surface area contributed by atoms with Crippen molar-refractivity contribution in [2.45, 2.75) is 31.8 Å². The van der Waals surface area contributed by atoms with Crippen LogP contribution in [0.3, 0.4) is 0 Å². The second-order valence-corrected chi connectivity index (χ2v) is 4.22. The molecule has 0 radical (unpaired) electrons. The van der Waals surface area contributed by atoms with E-state index in [1.807, 2.05) is 4.90 Å². The van der Waals surface area contributed by atoms with Crippen molar-refractivity contribution in [1.29, 1.82) is 0 Å². The number of likely N-dealkylation sites (tertiary alicyclic amines) is 2. The van der Waals surface area contributed by atoms with Gasteiger partial charge >= 0.3 is 6.03 Å². The third kappa shape index (κ3) is 2.00. The van der Waals surface area contributed by atoms with Crippen molar-refractivity contribution < 1.29 is 9.90 Å². The van der Waals surface area contributed by atoms with Crippen molar-refractivity contribution >= 4 is 6.03 Å². The standard InChI is InChI=1S/C10H18N2O2/c13-9-4-7-12(8-9)10(14)11-5-2-1-3-6-11/h9,13H,1-8H2. The lowest BCUT2D eigenvalue weighted by molar-refractivity contribution is 0.139. The number of hydrogen-bond acceptors (Lipinski definition) is 2. The Morgan fingerprint density at radius 1 is 1.07 bits per heavy atom. The zero-order chi connectivity index (χ0) is 9.97. The summed E-state index contributed by atoms with van der Waals surface area (Å²) in [5.74, 6) is 0. The summed E-state index contributed by atoms with van der Waals surface area (Å²) < 4.78 is 0. The van der Waals surface area contributed by atoms with Crippen LogP contribution in [0.1, 0.15) is 25.7 Å². The molecule has 14 heavy (non-hydrogen) atoms. The molecule has 2 saturated heterocycles. The molecule has 4 heteroatoms. The quantitative estimate of drug-likeness (QED) is 0.621. The number of aliphatic hydroxyl groups excluding tert-OH is 1. The number of hydrogen-bond donors (Lipinski definition) is 1. The van der Waals surface area contributed by atoms with Crippen LogP contribution in [-0.4, -0.2) is 53.2 Å². The second-order valence-electron chi connectivity index (χ2n) is 4.22. The van der Waals surface area contributed by atoms with Crippen molar-refractivity contribution in [3.05, 3.63) is 0 Å². The Bertz CT molecular complexity index is 207. The smallest absolute Gasteiger partial charge is 0.320 e. The van der Waals surface area contributed by atoms with Crippen LogP contribution in [0.5, 0.6) is 0 Å². The maximum absolute atomic E-state index is 11.9. The van der Waals surface area contributed by atoms with Crippen molar-refractivity contribution in [2.24, 2.45) is 0 Å².